The Morgan fingerprint density at radius 1 is 1.47 bits per heavy atom. The van der Waals surface area contributed by atoms with Crippen molar-refractivity contribution in [3.05, 3.63) is 23.3 Å². The summed E-state index contributed by atoms with van der Waals surface area (Å²) >= 11 is 0. The van der Waals surface area contributed by atoms with Crippen LogP contribution in [0.4, 0.5) is 0 Å². The third-order valence-electron chi connectivity index (χ3n) is 5.17. The fraction of sp³-hybridized carbons (Fsp3) is 0.706. The fourth-order valence-corrected chi connectivity index (χ4v) is 3.55. The number of hydrogen-bond acceptors (Lipinski definition) is 2. The monoisotopic (exact) mass is 262 g/mol. The summed E-state index contributed by atoms with van der Waals surface area (Å²) in [6.45, 7) is 11.1. The highest BCUT2D eigenvalue weighted by molar-refractivity contribution is 5.88. The van der Waals surface area contributed by atoms with Gasteiger partial charge in [0.2, 0.25) is 0 Å². The first-order chi connectivity index (χ1) is 8.83. The van der Waals surface area contributed by atoms with E-state index in [1.807, 2.05) is 13.8 Å². The third-order valence-corrected chi connectivity index (χ3v) is 5.17. The lowest BCUT2D eigenvalue weighted by atomic mass is 9.69. The average molecular weight is 262 g/mol. The summed E-state index contributed by atoms with van der Waals surface area (Å²) in [4.78, 5) is 11.8. The van der Waals surface area contributed by atoms with Crippen LogP contribution in [-0.4, -0.2) is 12.6 Å². The Bertz CT molecular complexity index is 436. The van der Waals surface area contributed by atoms with Crippen molar-refractivity contribution in [1.29, 1.82) is 0 Å². The second kappa shape index (κ2) is 4.81. The Balaban J connectivity index is 2.17. The van der Waals surface area contributed by atoms with Crippen LogP contribution in [0.15, 0.2) is 23.3 Å². The van der Waals surface area contributed by atoms with Crippen LogP contribution >= 0.6 is 0 Å². The molecule has 2 rings (SSSR count). The lowest BCUT2D eigenvalue weighted by Gasteiger charge is -2.35. The van der Waals surface area contributed by atoms with E-state index < -0.39 is 0 Å². The predicted molar refractivity (Wildman–Crippen MR) is 77.7 cm³/mol. The molecule has 1 unspecified atom stereocenters. The molecular formula is C17H26O2. The maximum atomic E-state index is 11.8. The van der Waals surface area contributed by atoms with Gasteiger partial charge in [-0.05, 0) is 56.8 Å². The Labute approximate surface area is 116 Å². The number of hydrogen-bond donors (Lipinski definition) is 0. The topological polar surface area (TPSA) is 26.3 Å². The van der Waals surface area contributed by atoms with Gasteiger partial charge in [0.05, 0.1) is 6.61 Å². The smallest absolute Gasteiger partial charge is 0.333 e. The molecule has 0 N–H and O–H groups in total. The van der Waals surface area contributed by atoms with Crippen molar-refractivity contribution in [3.63, 3.8) is 0 Å². The van der Waals surface area contributed by atoms with Crippen LogP contribution in [0.25, 0.3) is 0 Å². The quantitative estimate of drug-likeness (QED) is 0.429. The minimum absolute atomic E-state index is 0.158. The zero-order chi connectivity index (χ0) is 14.3. The number of carbonyl (C=O) groups excluding carboxylic acids is 1. The highest BCUT2D eigenvalue weighted by Gasteiger charge is 2.54. The number of rotatable bonds is 4. The van der Waals surface area contributed by atoms with Crippen LogP contribution in [0.5, 0.6) is 0 Å². The minimum Gasteiger partial charge on any atom is -0.463 e. The Hall–Kier alpha value is -1.05. The van der Waals surface area contributed by atoms with Gasteiger partial charge in [-0.3, -0.25) is 0 Å². The molecule has 0 heterocycles. The Morgan fingerprint density at radius 3 is 2.53 bits per heavy atom. The van der Waals surface area contributed by atoms with E-state index in [1.54, 1.807) is 0 Å². The summed E-state index contributed by atoms with van der Waals surface area (Å²) in [5, 5.41) is 0. The molecule has 0 saturated heterocycles. The van der Waals surface area contributed by atoms with Crippen LogP contribution < -0.4 is 0 Å². The van der Waals surface area contributed by atoms with E-state index >= 15 is 0 Å². The molecule has 0 aromatic heterocycles. The van der Waals surface area contributed by atoms with Gasteiger partial charge >= 0.3 is 5.97 Å². The molecule has 0 aromatic rings. The van der Waals surface area contributed by atoms with Crippen LogP contribution in [-0.2, 0) is 9.53 Å². The lowest BCUT2D eigenvalue weighted by Crippen LogP contribution is -2.28. The maximum absolute atomic E-state index is 11.8. The van der Waals surface area contributed by atoms with Crippen molar-refractivity contribution in [2.24, 2.45) is 16.7 Å². The van der Waals surface area contributed by atoms with E-state index in [2.05, 4.69) is 32.9 Å². The van der Waals surface area contributed by atoms with Crippen LogP contribution in [0.2, 0.25) is 0 Å². The molecule has 2 aliphatic carbocycles. The summed E-state index contributed by atoms with van der Waals surface area (Å²) < 4.78 is 5.09. The normalized spacial score (nSPS) is 27.9. The van der Waals surface area contributed by atoms with E-state index in [1.165, 1.54) is 18.4 Å². The van der Waals surface area contributed by atoms with Crippen molar-refractivity contribution < 1.29 is 9.53 Å². The summed E-state index contributed by atoms with van der Waals surface area (Å²) in [6.07, 6.45) is 8.13. The van der Waals surface area contributed by atoms with Gasteiger partial charge in [-0.1, -0.05) is 31.6 Å². The summed E-state index contributed by atoms with van der Waals surface area (Å²) in [7, 11) is 0. The maximum Gasteiger partial charge on any atom is 0.333 e. The highest BCUT2D eigenvalue weighted by Crippen LogP contribution is 2.63. The first-order valence-corrected chi connectivity index (χ1v) is 7.37. The zero-order valence-electron chi connectivity index (χ0n) is 12.9. The summed E-state index contributed by atoms with van der Waals surface area (Å²) in [6, 6.07) is 0. The van der Waals surface area contributed by atoms with Gasteiger partial charge < -0.3 is 4.74 Å². The Kier molecular flexibility index (Phi) is 3.63. The molecule has 0 aromatic carbocycles. The average Bonchev–Trinajstić information content (AvgIpc) is 3.03. The van der Waals surface area contributed by atoms with Crippen molar-refractivity contribution in [2.45, 2.75) is 53.9 Å². The minimum atomic E-state index is -0.158. The van der Waals surface area contributed by atoms with Gasteiger partial charge in [0.25, 0.3) is 0 Å². The van der Waals surface area contributed by atoms with Gasteiger partial charge in [-0.15, -0.1) is 0 Å². The van der Waals surface area contributed by atoms with E-state index in [0.29, 0.717) is 12.5 Å². The van der Waals surface area contributed by atoms with E-state index in [4.69, 9.17) is 4.74 Å². The second-order valence-electron chi connectivity index (χ2n) is 6.68. The summed E-state index contributed by atoms with van der Waals surface area (Å²) in [5.74, 6) is 0.471. The molecule has 1 atom stereocenters. The third kappa shape index (κ3) is 2.50. The molecule has 0 amide bonds. The molecule has 0 aliphatic heterocycles. The molecule has 0 bridgehead atoms. The predicted octanol–water partition coefficient (Wildman–Crippen LogP) is 4.27. The molecule has 0 spiro atoms. The molecule has 2 aliphatic rings. The first-order valence-electron chi connectivity index (χ1n) is 7.37. The first kappa shape index (κ1) is 14.4. The van der Waals surface area contributed by atoms with Crippen molar-refractivity contribution in [2.75, 3.05) is 6.61 Å². The van der Waals surface area contributed by atoms with Gasteiger partial charge in [0, 0.05) is 5.57 Å². The molecule has 0 radical (unpaired) electrons. The van der Waals surface area contributed by atoms with E-state index in [9.17, 15) is 4.79 Å². The molecule has 1 saturated carbocycles. The van der Waals surface area contributed by atoms with Gasteiger partial charge in [-0.2, -0.15) is 0 Å². The van der Waals surface area contributed by atoms with Crippen molar-refractivity contribution in [1.82, 2.24) is 0 Å². The zero-order valence-corrected chi connectivity index (χ0v) is 12.9. The molecule has 2 heteroatoms. The Morgan fingerprint density at radius 2 is 2.11 bits per heavy atom. The summed E-state index contributed by atoms with van der Waals surface area (Å²) in [5.41, 5.74) is 2.75. The fourth-order valence-electron chi connectivity index (χ4n) is 3.55. The van der Waals surface area contributed by atoms with Crippen molar-refractivity contribution in [3.8, 4) is 0 Å². The van der Waals surface area contributed by atoms with Gasteiger partial charge in [0.15, 0.2) is 0 Å². The SMILES string of the molecule is CCOC(=O)C(C)=CC1(C2CC=C(C)C2(C)C)CC1. The molecule has 106 valence electrons. The van der Waals surface area contributed by atoms with Crippen LogP contribution in [0.1, 0.15) is 53.9 Å². The lowest BCUT2D eigenvalue weighted by molar-refractivity contribution is -0.138. The second-order valence-corrected chi connectivity index (χ2v) is 6.68. The molecule has 19 heavy (non-hydrogen) atoms. The van der Waals surface area contributed by atoms with Crippen LogP contribution in [0, 0.1) is 16.7 Å². The van der Waals surface area contributed by atoms with Gasteiger partial charge in [0.1, 0.15) is 0 Å². The molecule has 1 fully saturated rings. The van der Waals surface area contributed by atoms with Crippen LogP contribution in [0.3, 0.4) is 0 Å². The van der Waals surface area contributed by atoms with Gasteiger partial charge in [-0.25, -0.2) is 4.79 Å². The number of carbonyl (C=O) groups is 1. The standard InChI is InChI=1S/C17H26O2/c1-6-19-15(18)12(2)11-17(9-10-17)14-8-7-13(3)16(14,4)5/h7,11,14H,6,8-10H2,1-5H3. The molecule has 2 nitrogen and oxygen atoms in total. The van der Waals surface area contributed by atoms with Crippen molar-refractivity contribution >= 4 is 5.97 Å². The molecular weight excluding hydrogens is 236 g/mol. The number of ether oxygens (including phenoxy) is 1. The van der Waals surface area contributed by atoms with E-state index in [-0.39, 0.29) is 16.8 Å². The van der Waals surface area contributed by atoms with E-state index in [0.717, 1.165) is 12.0 Å². The number of allylic oxidation sites excluding steroid dienone is 3. The largest absolute Gasteiger partial charge is 0.463 e. The number of esters is 1. The highest BCUT2D eigenvalue weighted by atomic mass is 16.5.